The van der Waals surface area contributed by atoms with E-state index in [9.17, 15) is 9.59 Å². The number of carbonyl (C=O) groups is 2. The molecule has 0 aliphatic rings. The number of methoxy groups -OCH3 is 1. The van der Waals surface area contributed by atoms with Gasteiger partial charge in [-0.3, -0.25) is 4.79 Å². The van der Waals surface area contributed by atoms with Crippen molar-refractivity contribution in [3.8, 4) is 0 Å². The minimum absolute atomic E-state index is 0.175. The van der Waals surface area contributed by atoms with E-state index >= 15 is 0 Å². The van der Waals surface area contributed by atoms with E-state index in [0.717, 1.165) is 11.1 Å². The summed E-state index contributed by atoms with van der Waals surface area (Å²) in [7, 11) is 1.36. The summed E-state index contributed by atoms with van der Waals surface area (Å²) in [5.74, 6) is -0.680. The topological polar surface area (TPSA) is 52.6 Å². The minimum Gasteiger partial charge on any atom is -0.469 e. The van der Waals surface area contributed by atoms with Crippen LogP contribution in [0.4, 0.5) is 0 Å². The molecule has 114 valence electrons. The lowest BCUT2D eigenvalue weighted by molar-refractivity contribution is -0.139. The molecule has 0 aliphatic heterocycles. The summed E-state index contributed by atoms with van der Waals surface area (Å²) in [6, 6.07) is 14.1. The molecule has 0 bridgehead atoms. The van der Waals surface area contributed by atoms with Crippen molar-refractivity contribution < 1.29 is 19.1 Å². The van der Waals surface area contributed by atoms with Crippen molar-refractivity contribution >= 4 is 24.6 Å². The third-order valence-electron chi connectivity index (χ3n) is 3.05. The Morgan fingerprint density at radius 1 is 1.05 bits per heavy atom. The van der Waals surface area contributed by atoms with Gasteiger partial charge in [-0.2, -0.15) is 0 Å². The Morgan fingerprint density at radius 2 is 1.73 bits per heavy atom. The monoisotopic (exact) mass is 316 g/mol. The summed E-state index contributed by atoms with van der Waals surface area (Å²) >= 11 is 4.19. The molecule has 2 aromatic rings. The van der Waals surface area contributed by atoms with Crippen LogP contribution in [-0.2, 0) is 27.3 Å². The van der Waals surface area contributed by atoms with E-state index in [1.165, 1.54) is 7.11 Å². The average molecular weight is 316 g/mol. The van der Waals surface area contributed by atoms with Gasteiger partial charge in [0.15, 0.2) is 0 Å². The maximum Gasteiger partial charge on any atom is 0.338 e. The van der Waals surface area contributed by atoms with E-state index in [-0.39, 0.29) is 19.0 Å². The van der Waals surface area contributed by atoms with Crippen LogP contribution in [0.3, 0.4) is 0 Å². The number of carbonyl (C=O) groups excluding carboxylic acids is 2. The Kier molecular flexibility index (Phi) is 5.61. The van der Waals surface area contributed by atoms with Gasteiger partial charge in [-0.15, -0.1) is 12.6 Å². The largest absolute Gasteiger partial charge is 0.469 e. The predicted octanol–water partition coefficient (Wildman–Crippen LogP) is 3.05. The summed E-state index contributed by atoms with van der Waals surface area (Å²) < 4.78 is 9.85. The summed E-state index contributed by atoms with van der Waals surface area (Å²) in [6.45, 7) is 0.175. The van der Waals surface area contributed by atoms with Crippen molar-refractivity contribution in [1.29, 1.82) is 0 Å². The molecular formula is C17H16O4S. The molecule has 0 aliphatic carbocycles. The van der Waals surface area contributed by atoms with E-state index in [2.05, 4.69) is 17.4 Å². The van der Waals surface area contributed by atoms with Gasteiger partial charge in [-0.05, 0) is 29.3 Å². The van der Waals surface area contributed by atoms with Gasteiger partial charge in [-0.25, -0.2) is 4.79 Å². The highest BCUT2D eigenvalue weighted by atomic mass is 32.1. The van der Waals surface area contributed by atoms with Gasteiger partial charge in [0.1, 0.15) is 6.61 Å². The Balaban J connectivity index is 1.91. The smallest absolute Gasteiger partial charge is 0.338 e. The molecule has 2 aromatic carbocycles. The summed E-state index contributed by atoms with van der Waals surface area (Å²) in [5.41, 5.74) is 2.17. The van der Waals surface area contributed by atoms with Crippen LogP contribution in [-0.4, -0.2) is 19.0 Å². The van der Waals surface area contributed by atoms with Crippen LogP contribution in [0.2, 0.25) is 0 Å². The van der Waals surface area contributed by atoms with E-state index in [1.54, 1.807) is 24.3 Å². The molecule has 0 N–H and O–H groups in total. The molecule has 0 atom stereocenters. The van der Waals surface area contributed by atoms with Crippen LogP contribution in [0.15, 0.2) is 53.4 Å². The lowest BCUT2D eigenvalue weighted by Crippen LogP contribution is -2.06. The van der Waals surface area contributed by atoms with Gasteiger partial charge < -0.3 is 9.47 Å². The molecule has 0 unspecified atom stereocenters. The van der Waals surface area contributed by atoms with Crippen molar-refractivity contribution in [1.82, 2.24) is 0 Å². The highest BCUT2D eigenvalue weighted by molar-refractivity contribution is 7.80. The van der Waals surface area contributed by atoms with Crippen molar-refractivity contribution in [3.05, 3.63) is 65.2 Å². The fourth-order valence-electron chi connectivity index (χ4n) is 1.86. The Bertz CT molecular complexity index is 665. The van der Waals surface area contributed by atoms with Crippen molar-refractivity contribution in [2.24, 2.45) is 0 Å². The first-order valence-electron chi connectivity index (χ1n) is 6.69. The van der Waals surface area contributed by atoms with Crippen LogP contribution in [0.5, 0.6) is 0 Å². The van der Waals surface area contributed by atoms with E-state index in [0.29, 0.717) is 10.5 Å². The number of esters is 2. The molecule has 5 heteroatoms. The van der Waals surface area contributed by atoms with Gasteiger partial charge in [0.25, 0.3) is 0 Å². The first-order chi connectivity index (χ1) is 10.6. The van der Waals surface area contributed by atoms with Gasteiger partial charge in [-0.1, -0.05) is 30.3 Å². The van der Waals surface area contributed by atoms with Gasteiger partial charge in [0, 0.05) is 4.90 Å². The lowest BCUT2D eigenvalue weighted by atomic mass is 10.1. The Labute approximate surface area is 134 Å². The first-order valence-corrected chi connectivity index (χ1v) is 7.14. The maximum absolute atomic E-state index is 11.9. The second-order valence-electron chi connectivity index (χ2n) is 4.70. The molecular weight excluding hydrogens is 300 g/mol. The molecule has 0 fully saturated rings. The average Bonchev–Trinajstić information content (AvgIpc) is 2.53. The molecule has 0 amide bonds. The standard InChI is InChI=1S/C17H16O4S/c1-20-16(18)9-12-5-7-13(8-6-12)11-21-17(19)14-3-2-4-15(22)10-14/h2-8,10,22H,9,11H2,1H3. The number of ether oxygens (including phenoxy) is 2. The third-order valence-corrected chi connectivity index (χ3v) is 3.33. The number of hydrogen-bond acceptors (Lipinski definition) is 5. The highest BCUT2D eigenvalue weighted by Gasteiger charge is 2.08. The zero-order valence-electron chi connectivity index (χ0n) is 12.1. The molecule has 0 heterocycles. The molecule has 4 nitrogen and oxygen atoms in total. The molecule has 2 rings (SSSR count). The van der Waals surface area contributed by atoms with Crippen molar-refractivity contribution in [2.75, 3.05) is 7.11 Å². The van der Waals surface area contributed by atoms with Crippen LogP contribution in [0.1, 0.15) is 21.5 Å². The molecule has 0 radical (unpaired) electrons. The molecule has 0 aromatic heterocycles. The van der Waals surface area contributed by atoms with Crippen LogP contribution < -0.4 is 0 Å². The third kappa shape index (κ3) is 4.63. The molecule has 0 spiro atoms. The molecule has 0 saturated heterocycles. The zero-order valence-corrected chi connectivity index (χ0v) is 13.0. The van der Waals surface area contributed by atoms with E-state index < -0.39 is 5.97 Å². The van der Waals surface area contributed by atoms with Crippen LogP contribution in [0, 0.1) is 0 Å². The number of benzene rings is 2. The van der Waals surface area contributed by atoms with Crippen LogP contribution in [0.25, 0.3) is 0 Å². The SMILES string of the molecule is COC(=O)Cc1ccc(COC(=O)c2cccc(S)c2)cc1. The number of rotatable bonds is 5. The number of hydrogen-bond donors (Lipinski definition) is 1. The van der Waals surface area contributed by atoms with Crippen molar-refractivity contribution in [3.63, 3.8) is 0 Å². The summed E-state index contributed by atoms with van der Waals surface area (Å²) in [5, 5.41) is 0. The molecule has 22 heavy (non-hydrogen) atoms. The van der Waals surface area contributed by atoms with Gasteiger partial charge >= 0.3 is 11.9 Å². The quantitative estimate of drug-likeness (QED) is 0.680. The van der Waals surface area contributed by atoms with E-state index in [1.807, 2.05) is 24.3 Å². The minimum atomic E-state index is -0.394. The first kappa shape index (κ1) is 16.1. The maximum atomic E-state index is 11.9. The fourth-order valence-corrected chi connectivity index (χ4v) is 2.08. The van der Waals surface area contributed by atoms with E-state index in [4.69, 9.17) is 4.74 Å². The Hall–Kier alpha value is -2.27. The molecule has 0 saturated carbocycles. The zero-order chi connectivity index (χ0) is 15.9. The summed E-state index contributed by atoms with van der Waals surface area (Å²) in [4.78, 5) is 23.8. The van der Waals surface area contributed by atoms with Crippen LogP contribution >= 0.6 is 12.6 Å². The predicted molar refractivity (Wildman–Crippen MR) is 85.0 cm³/mol. The second-order valence-corrected chi connectivity index (χ2v) is 5.21. The highest BCUT2D eigenvalue weighted by Crippen LogP contribution is 2.12. The summed E-state index contributed by atoms with van der Waals surface area (Å²) in [6.07, 6.45) is 0.227. The van der Waals surface area contributed by atoms with Gasteiger partial charge in [0.05, 0.1) is 19.1 Å². The second kappa shape index (κ2) is 7.66. The van der Waals surface area contributed by atoms with Crippen molar-refractivity contribution in [2.45, 2.75) is 17.9 Å². The van der Waals surface area contributed by atoms with Gasteiger partial charge in [0.2, 0.25) is 0 Å². The normalized spacial score (nSPS) is 10.1. The lowest BCUT2D eigenvalue weighted by Gasteiger charge is -2.06. The fraction of sp³-hybridized carbons (Fsp3) is 0.176. The Morgan fingerprint density at radius 3 is 2.36 bits per heavy atom. The number of thiol groups is 1.